The number of aromatic nitrogens is 1. The second kappa shape index (κ2) is 6.98. The standard InChI is InChI=1S/C26H25N3O/c30-26(28-20-7-4-12-27-15-20)19-10-11-22-21(14-19)23-17-8-9-18(13-17)24(23)25(29-22)16-5-2-1-3-6-16/h1-7,10-12,14-15,17-18,23-25,29H,8-9,13H2,(H,28,30)/t17-,18-,23+,24+,25+/m0/s1. The maximum absolute atomic E-state index is 12.9. The lowest BCUT2D eigenvalue weighted by Crippen LogP contribution is -2.35. The van der Waals surface area contributed by atoms with Gasteiger partial charge in [0.15, 0.2) is 0 Å². The van der Waals surface area contributed by atoms with Gasteiger partial charge in [-0.1, -0.05) is 30.3 Å². The summed E-state index contributed by atoms with van der Waals surface area (Å²) in [6.07, 6.45) is 7.37. The van der Waals surface area contributed by atoms with Gasteiger partial charge in [-0.25, -0.2) is 0 Å². The van der Waals surface area contributed by atoms with Crippen LogP contribution in [0.15, 0.2) is 73.1 Å². The van der Waals surface area contributed by atoms with Crippen molar-refractivity contribution in [3.8, 4) is 0 Å². The number of rotatable bonds is 3. The van der Waals surface area contributed by atoms with Gasteiger partial charge in [-0.05, 0) is 84.4 Å². The molecule has 4 heteroatoms. The highest BCUT2D eigenvalue weighted by Crippen LogP contribution is 2.63. The van der Waals surface area contributed by atoms with Crippen molar-refractivity contribution in [2.45, 2.75) is 31.2 Å². The van der Waals surface area contributed by atoms with Gasteiger partial charge in [0.25, 0.3) is 5.91 Å². The molecular formula is C26H25N3O. The van der Waals surface area contributed by atoms with Crippen molar-refractivity contribution in [2.75, 3.05) is 10.6 Å². The highest BCUT2D eigenvalue weighted by molar-refractivity contribution is 6.04. The van der Waals surface area contributed by atoms with Gasteiger partial charge in [0.2, 0.25) is 0 Å². The molecule has 150 valence electrons. The van der Waals surface area contributed by atoms with Gasteiger partial charge >= 0.3 is 0 Å². The summed E-state index contributed by atoms with van der Waals surface area (Å²) in [5, 5.41) is 6.82. The molecule has 4 nitrogen and oxygen atoms in total. The van der Waals surface area contributed by atoms with Crippen LogP contribution in [0.3, 0.4) is 0 Å². The molecule has 0 spiro atoms. The lowest BCUT2D eigenvalue weighted by molar-refractivity contribution is 0.102. The van der Waals surface area contributed by atoms with E-state index in [-0.39, 0.29) is 5.91 Å². The fourth-order valence-corrected chi connectivity index (χ4v) is 6.26. The number of nitrogens with one attached hydrogen (secondary N) is 2. The maximum atomic E-state index is 12.9. The number of nitrogens with zero attached hydrogens (tertiary/aromatic N) is 1. The van der Waals surface area contributed by atoms with Gasteiger partial charge in [-0.3, -0.25) is 9.78 Å². The van der Waals surface area contributed by atoms with Crippen LogP contribution in [0.25, 0.3) is 0 Å². The quantitative estimate of drug-likeness (QED) is 0.604. The van der Waals surface area contributed by atoms with E-state index in [1.807, 2.05) is 18.2 Å². The molecule has 0 saturated heterocycles. The molecule has 2 aromatic carbocycles. The van der Waals surface area contributed by atoms with Gasteiger partial charge in [0, 0.05) is 17.4 Å². The smallest absolute Gasteiger partial charge is 0.255 e. The second-order valence-corrected chi connectivity index (χ2v) is 8.97. The van der Waals surface area contributed by atoms with Crippen LogP contribution in [-0.4, -0.2) is 10.9 Å². The summed E-state index contributed by atoms with van der Waals surface area (Å²) in [4.78, 5) is 17.0. The molecule has 1 aromatic heterocycles. The van der Waals surface area contributed by atoms with Crippen LogP contribution in [0.1, 0.15) is 52.7 Å². The molecule has 0 unspecified atom stereocenters. The van der Waals surface area contributed by atoms with Crippen molar-refractivity contribution in [1.29, 1.82) is 0 Å². The molecule has 0 radical (unpaired) electrons. The topological polar surface area (TPSA) is 54.0 Å². The first-order valence-corrected chi connectivity index (χ1v) is 10.9. The Morgan fingerprint density at radius 2 is 1.87 bits per heavy atom. The number of carbonyl (C=O) groups excluding carboxylic acids is 1. The Hall–Kier alpha value is -3.14. The van der Waals surface area contributed by atoms with Crippen LogP contribution in [0.4, 0.5) is 11.4 Å². The van der Waals surface area contributed by atoms with E-state index in [4.69, 9.17) is 0 Å². The molecule has 2 N–H and O–H groups in total. The van der Waals surface area contributed by atoms with Crippen LogP contribution >= 0.6 is 0 Å². The summed E-state index contributed by atoms with van der Waals surface area (Å²) < 4.78 is 0. The van der Waals surface area contributed by atoms with E-state index in [0.717, 1.165) is 23.1 Å². The average Bonchev–Trinajstić information content (AvgIpc) is 3.42. The summed E-state index contributed by atoms with van der Waals surface area (Å²) >= 11 is 0. The van der Waals surface area contributed by atoms with Crippen LogP contribution in [0.2, 0.25) is 0 Å². The van der Waals surface area contributed by atoms with Crippen molar-refractivity contribution in [3.63, 3.8) is 0 Å². The Bertz CT molecular complexity index is 1080. The number of hydrogen-bond donors (Lipinski definition) is 2. The molecule has 1 amide bonds. The highest BCUT2D eigenvalue weighted by atomic mass is 16.1. The minimum Gasteiger partial charge on any atom is -0.378 e. The largest absolute Gasteiger partial charge is 0.378 e. The Labute approximate surface area is 176 Å². The number of pyridine rings is 1. The molecule has 5 atom stereocenters. The first kappa shape index (κ1) is 17.7. The third-order valence-corrected chi connectivity index (χ3v) is 7.43. The minimum atomic E-state index is -0.0734. The van der Waals surface area contributed by atoms with Gasteiger partial charge in [-0.15, -0.1) is 0 Å². The van der Waals surface area contributed by atoms with E-state index < -0.39 is 0 Å². The SMILES string of the molecule is O=C(Nc1cccnc1)c1ccc2c(c1)[C@H]1[C@H]3CC[C@@H](C3)[C@H]1[C@@H](c1ccccc1)N2. The third kappa shape index (κ3) is 2.82. The first-order chi connectivity index (χ1) is 14.8. The molecule has 2 heterocycles. The molecule has 2 bridgehead atoms. The Kier molecular flexibility index (Phi) is 4.12. The molecule has 6 rings (SSSR count). The van der Waals surface area contributed by atoms with Crippen LogP contribution in [-0.2, 0) is 0 Å². The lowest BCUT2D eigenvalue weighted by Gasteiger charge is -2.43. The molecular weight excluding hydrogens is 370 g/mol. The van der Waals surface area contributed by atoms with Crippen LogP contribution in [0.5, 0.6) is 0 Å². The van der Waals surface area contributed by atoms with Crippen LogP contribution < -0.4 is 10.6 Å². The monoisotopic (exact) mass is 395 g/mol. The van der Waals surface area contributed by atoms with Crippen molar-refractivity contribution in [1.82, 2.24) is 4.98 Å². The zero-order valence-electron chi connectivity index (χ0n) is 16.8. The van der Waals surface area contributed by atoms with E-state index in [0.29, 0.717) is 17.9 Å². The highest BCUT2D eigenvalue weighted by Gasteiger charge is 2.53. The molecule has 30 heavy (non-hydrogen) atoms. The summed E-state index contributed by atoms with van der Waals surface area (Å²) in [7, 11) is 0. The number of carbonyl (C=O) groups is 1. The number of benzene rings is 2. The summed E-state index contributed by atoms with van der Waals surface area (Å²) in [5.74, 6) is 2.59. The van der Waals surface area contributed by atoms with Crippen molar-refractivity contribution >= 4 is 17.3 Å². The second-order valence-electron chi connectivity index (χ2n) is 8.97. The van der Waals surface area contributed by atoms with Crippen molar-refractivity contribution < 1.29 is 4.79 Å². The van der Waals surface area contributed by atoms with E-state index in [1.165, 1.54) is 36.1 Å². The number of anilines is 2. The van der Waals surface area contributed by atoms with Gasteiger partial charge in [0.05, 0.1) is 17.9 Å². The van der Waals surface area contributed by atoms with Crippen molar-refractivity contribution in [2.24, 2.45) is 17.8 Å². The predicted molar refractivity (Wildman–Crippen MR) is 118 cm³/mol. The van der Waals surface area contributed by atoms with Gasteiger partial charge < -0.3 is 10.6 Å². The third-order valence-electron chi connectivity index (χ3n) is 7.43. The molecule has 3 aromatic rings. The number of amides is 1. The fraction of sp³-hybridized carbons (Fsp3) is 0.308. The molecule has 1 aliphatic heterocycles. The molecule has 2 aliphatic carbocycles. The molecule has 3 aliphatic rings. The minimum absolute atomic E-state index is 0.0734. The lowest BCUT2D eigenvalue weighted by atomic mass is 9.68. The van der Waals surface area contributed by atoms with Crippen molar-refractivity contribution in [3.05, 3.63) is 89.7 Å². The summed E-state index contributed by atoms with van der Waals surface area (Å²) in [6, 6.07) is 21.1. The van der Waals surface area contributed by atoms with E-state index in [9.17, 15) is 4.79 Å². The maximum Gasteiger partial charge on any atom is 0.255 e. The van der Waals surface area contributed by atoms with E-state index in [2.05, 4.69) is 58.1 Å². The van der Waals surface area contributed by atoms with E-state index >= 15 is 0 Å². The zero-order chi connectivity index (χ0) is 20.1. The van der Waals surface area contributed by atoms with Crippen LogP contribution in [0, 0.1) is 17.8 Å². The predicted octanol–water partition coefficient (Wildman–Crippen LogP) is 5.63. The summed E-state index contributed by atoms with van der Waals surface area (Å²) in [5.41, 5.74) is 5.34. The van der Waals surface area contributed by atoms with E-state index in [1.54, 1.807) is 12.4 Å². The average molecular weight is 396 g/mol. The Morgan fingerprint density at radius 1 is 1.00 bits per heavy atom. The normalized spacial score (nSPS) is 28.3. The number of hydrogen-bond acceptors (Lipinski definition) is 3. The van der Waals surface area contributed by atoms with Gasteiger partial charge in [0.1, 0.15) is 0 Å². The molecule has 2 saturated carbocycles. The fourth-order valence-electron chi connectivity index (χ4n) is 6.26. The Morgan fingerprint density at radius 3 is 2.70 bits per heavy atom. The Balaban J connectivity index is 1.36. The number of fused-ring (bicyclic) bond motifs is 7. The summed E-state index contributed by atoms with van der Waals surface area (Å²) in [6.45, 7) is 0. The molecule has 2 fully saturated rings. The first-order valence-electron chi connectivity index (χ1n) is 10.9. The zero-order valence-corrected chi connectivity index (χ0v) is 16.8. The van der Waals surface area contributed by atoms with Gasteiger partial charge in [-0.2, -0.15) is 0 Å².